The van der Waals surface area contributed by atoms with Crippen LogP contribution in [0.4, 0.5) is 0 Å². The Kier molecular flexibility index (Phi) is 4.21. The zero-order valence-corrected chi connectivity index (χ0v) is 12.1. The van der Waals surface area contributed by atoms with Crippen LogP contribution in [-0.2, 0) is 0 Å². The summed E-state index contributed by atoms with van der Waals surface area (Å²) in [4.78, 5) is 14.9. The molecule has 0 radical (unpaired) electrons. The Morgan fingerprint density at radius 2 is 1.58 bits per heavy atom. The Morgan fingerprint density at radius 3 is 2.21 bits per heavy atom. The van der Waals surface area contributed by atoms with Crippen molar-refractivity contribution in [3.63, 3.8) is 0 Å². The average Bonchev–Trinajstić information content (AvgIpc) is 2.33. The fourth-order valence-corrected chi connectivity index (χ4v) is 2.35. The standard InChI is InChI=1S/C12H5Cl4NO2/c13-5-1-7(11(12(18)19)17-4-5)6-2-9(15)10(16)3-8(6)14/h1-4H,(H,18,19). The van der Waals surface area contributed by atoms with Gasteiger partial charge >= 0.3 is 5.97 Å². The Balaban J connectivity index is 2.74. The molecule has 0 saturated carbocycles. The van der Waals surface area contributed by atoms with Crippen LogP contribution in [-0.4, -0.2) is 16.1 Å². The van der Waals surface area contributed by atoms with Crippen LogP contribution in [0.2, 0.25) is 20.1 Å². The summed E-state index contributed by atoms with van der Waals surface area (Å²) in [5.74, 6) is -1.19. The van der Waals surface area contributed by atoms with Crippen molar-refractivity contribution in [1.29, 1.82) is 0 Å². The lowest BCUT2D eigenvalue weighted by Crippen LogP contribution is -2.03. The molecule has 0 aliphatic carbocycles. The maximum atomic E-state index is 11.2. The lowest BCUT2D eigenvalue weighted by molar-refractivity contribution is 0.0691. The molecule has 98 valence electrons. The molecule has 7 heteroatoms. The van der Waals surface area contributed by atoms with Crippen LogP contribution >= 0.6 is 46.4 Å². The molecule has 0 amide bonds. The molecule has 1 N–H and O–H groups in total. The zero-order chi connectivity index (χ0) is 14.2. The maximum absolute atomic E-state index is 11.2. The molecule has 2 rings (SSSR count). The molecule has 0 atom stereocenters. The van der Waals surface area contributed by atoms with E-state index in [1.165, 1.54) is 24.4 Å². The molecule has 1 aromatic carbocycles. The molecular weight excluding hydrogens is 332 g/mol. The Labute approximate surface area is 128 Å². The summed E-state index contributed by atoms with van der Waals surface area (Å²) >= 11 is 23.6. The third-order valence-corrected chi connectivity index (χ3v) is 3.60. The van der Waals surface area contributed by atoms with Gasteiger partial charge in [0.2, 0.25) is 0 Å². The van der Waals surface area contributed by atoms with Crippen molar-refractivity contribution in [1.82, 2.24) is 4.98 Å². The van der Waals surface area contributed by atoms with E-state index < -0.39 is 5.97 Å². The van der Waals surface area contributed by atoms with Gasteiger partial charge in [0, 0.05) is 17.3 Å². The van der Waals surface area contributed by atoms with Gasteiger partial charge in [-0.05, 0) is 18.2 Å². The van der Waals surface area contributed by atoms with E-state index in [9.17, 15) is 4.79 Å². The van der Waals surface area contributed by atoms with Crippen molar-refractivity contribution in [2.24, 2.45) is 0 Å². The van der Waals surface area contributed by atoms with E-state index in [1.807, 2.05) is 0 Å². The van der Waals surface area contributed by atoms with E-state index in [-0.39, 0.29) is 26.3 Å². The van der Waals surface area contributed by atoms with E-state index >= 15 is 0 Å². The molecule has 19 heavy (non-hydrogen) atoms. The fourth-order valence-electron chi connectivity index (χ4n) is 1.54. The number of halogens is 4. The first kappa shape index (κ1) is 14.4. The summed E-state index contributed by atoms with van der Waals surface area (Å²) in [5.41, 5.74) is 0.525. The summed E-state index contributed by atoms with van der Waals surface area (Å²) in [6.07, 6.45) is 1.25. The number of carbonyl (C=O) groups is 1. The summed E-state index contributed by atoms with van der Waals surface area (Å²) in [5, 5.41) is 10.2. The van der Waals surface area contributed by atoms with E-state index in [0.717, 1.165) is 0 Å². The van der Waals surface area contributed by atoms with Crippen molar-refractivity contribution < 1.29 is 9.90 Å². The molecular formula is C12H5Cl4NO2. The largest absolute Gasteiger partial charge is 0.476 e. The number of aromatic nitrogens is 1. The highest BCUT2D eigenvalue weighted by Crippen LogP contribution is 2.37. The molecule has 0 aliphatic rings. The van der Waals surface area contributed by atoms with Crippen LogP contribution in [0.3, 0.4) is 0 Å². The number of hydrogen-bond acceptors (Lipinski definition) is 2. The van der Waals surface area contributed by atoms with Crippen LogP contribution in [0.1, 0.15) is 10.5 Å². The molecule has 0 unspecified atom stereocenters. The Morgan fingerprint density at radius 1 is 0.947 bits per heavy atom. The first-order valence-corrected chi connectivity index (χ1v) is 6.45. The SMILES string of the molecule is O=C(O)c1ncc(Cl)cc1-c1cc(Cl)c(Cl)cc1Cl. The first-order chi connectivity index (χ1) is 8.90. The van der Waals surface area contributed by atoms with Gasteiger partial charge in [-0.15, -0.1) is 0 Å². The topological polar surface area (TPSA) is 50.2 Å². The molecule has 0 spiro atoms. The van der Waals surface area contributed by atoms with Crippen LogP contribution in [0, 0.1) is 0 Å². The van der Waals surface area contributed by atoms with Crippen molar-refractivity contribution >= 4 is 52.4 Å². The van der Waals surface area contributed by atoms with Crippen LogP contribution in [0.5, 0.6) is 0 Å². The van der Waals surface area contributed by atoms with Gasteiger partial charge in [-0.1, -0.05) is 46.4 Å². The quantitative estimate of drug-likeness (QED) is 0.780. The van der Waals surface area contributed by atoms with E-state index in [0.29, 0.717) is 10.6 Å². The number of benzene rings is 1. The first-order valence-electron chi connectivity index (χ1n) is 4.94. The van der Waals surface area contributed by atoms with Crippen molar-refractivity contribution in [3.8, 4) is 11.1 Å². The third kappa shape index (κ3) is 2.95. The predicted molar refractivity (Wildman–Crippen MR) is 76.7 cm³/mol. The number of aromatic carboxylic acids is 1. The second-order valence-corrected chi connectivity index (χ2v) is 5.26. The molecule has 0 fully saturated rings. The van der Waals surface area contributed by atoms with E-state index in [1.54, 1.807) is 0 Å². The number of pyridine rings is 1. The van der Waals surface area contributed by atoms with Gasteiger partial charge in [-0.25, -0.2) is 9.78 Å². The average molecular weight is 337 g/mol. The maximum Gasteiger partial charge on any atom is 0.355 e. The number of rotatable bonds is 2. The minimum atomic E-state index is -1.19. The summed E-state index contributed by atoms with van der Waals surface area (Å²) < 4.78 is 0. The van der Waals surface area contributed by atoms with Crippen molar-refractivity contribution in [3.05, 3.63) is 50.2 Å². The van der Waals surface area contributed by atoms with E-state index in [4.69, 9.17) is 51.5 Å². The van der Waals surface area contributed by atoms with Gasteiger partial charge in [-0.2, -0.15) is 0 Å². The minimum Gasteiger partial charge on any atom is -0.476 e. The second-order valence-electron chi connectivity index (χ2n) is 3.60. The van der Waals surface area contributed by atoms with Gasteiger partial charge in [0.05, 0.1) is 20.1 Å². The number of carboxylic acids is 1. The molecule has 0 bridgehead atoms. The second kappa shape index (κ2) is 5.55. The van der Waals surface area contributed by atoms with Crippen molar-refractivity contribution in [2.75, 3.05) is 0 Å². The fraction of sp³-hybridized carbons (Fsp3) is 0. The molecule has 3 nitrogen and oxygen atoms in total. The van der Waals surface area contributed by atoms with Gasteiger partial charge in [0.15, 0.2) is 5.69 Å². The smallest absolute Gasteiger partial charge is 0.355 e. The number of nitrogens with zero attached hydrogens (tertiary/aromatic N) is 1. The molecule has 1 aromatic heterocycles. The zero-order valence-electron chi connectivity index (χ0n) is 9.12. The third-order valence-electron chi connectivity index (χ3n) is 2.36. The lowest BCUT2D eigenvalue weighted by Gasteiger charge is -2.09. The number of carboxylic acid groups (broad SMARTS) is 1. The summed E-state index contributed by atoms with van der Waals surface area (Å²) in [6.45, 7) is 0. The highest BCUT2D eigenvalue weighted by atomic mass is 35.5. The summed E-state index contributed by atoms with van der Waals surface area (Å²) in [6, 6.07) is 4.38. The Hall–Kier alpha value is -1.000. The molecule has 1 heterocycles. The number of hydrogen-bond donors (Lipinski definition) is 1. The van der Waals surface area contributed by atoms with Gasteiger partial charge in [-0.3, -0.25) is 0 Å². The Bertz CT molecular complexity index is 673. The monoisotopic (exact) mass is 335 g/mol. The lowest BCUT2D eigenvalue weighted by atomic mass is 10.0. The molecule has 0 saturated heterocycles. The van der Waals surface area contributed by atoms with E-state index in [2.05, 4.69) is 4.98 Å². The van der Waals surface area contributed by atoms with Gasteiger partial charge < -0.3 is 5.11 Å². The van der Waals surface area contributed by atoms with Crippen LogP contribution in [0.15, 0.2) is 24.4 Å². The van der Waals surface area contributed by atoms with Crippen molar-refractivity contribution in [2.45, 2.75) is 0 Å². The van der Waals surface area contributed by atoms with Gasteiger partial charge in [0.25, 0.3) is 0 Å². The highest BCUT2D eigenvalue weighted by Gasteiger charge is 2.17. The van der Waals surface area contributed by atoms with Gasteiger partial charge in [0.1, 0.15) is 0 Å². The summed E-state index contributed by atoms with van der Waals surface area (Å²) in [7, 11) is 0. The predicted octanol–water partition coefficient (Wildman–Crippen LogP) is 5.06. The highest BCUT2D eigenvalue weighted by molar-refractivity contribution is 6.44. The normalized spacial score (nSPS) is 10.5. The molecule has 2 aromatic rings. The minimum absolute atomic E-state index is 0.162. The van der Waals surface area contributed by atoms with Crippen LogP contribution in [0.25, 0.3) is 11.1 Å². The van der Waals surface area contributed by atoms with Crippen LogP contribution < -0.4 is 0 Å². The molecule has 0 aliphatic heterocycles.